The van der Waals surface area contributed by atoms with Crippen molar-refractivity contribution in [1.82, 2.24) is 9.80 Å². The van der Waals surface area contributed by atoms with Crippen molar-refractivity contribution in [1.29, 1.82) is 0 Å². The molecule has 0 bridgehead atoms. The third-order valence-corrected chi connectivity index (χ3v) is 8.61. The first-order valence-electron chi connectivity index (χ1n) is 13.4. The van der Waals surface area contributed by atoms with Gasteiger partial charge in [0.05, 0.1) is 29.6 Å². The average molecular weight is 644 g/mol. The first-order chi connectivity index (χ1) is 20.4. The standard InChI is InChI=1S/C31H28Cl2N2O5S2/c32-22-7-8-24(26(33)20-22)25-18-21(6-9-27(25)39-17-14-34-12-15-38-16-13-34)19-28-30(37)35(31(41)42-28)11-10-29(36)40-23-4-2-1-3-5-23/h1-9,18-20H,10-17H2. The number of nitrogens with zero attached hydrogens (tertiary/aromatic N) is 2. The summed E-state index contributed by atoms with van der Waals surface area (Å²) in [6.45, 7) is 4.63. The lowest BCUT2D eigenvalue weighted by Crippen LogP contribution is -2.38. The topological polar surface area (TPSA) is 68.3 Å². The molecule has 0 atom stereocenters. The van der Waals surface area contributed by atoms with E-state index in [0.29, 0.717) is 37.4 Å². The van der Waals surface area contributed by atoms with E-state index < -0.39 is 5.97 Å². The van der Waals surface area contributed by atoms with E-state index in [1.165, 1.54) is 16.7 Å². The molecule has 2 saturated heterocycles. The molecular formula is C31H28Cl2N2O5S2. The lowest BCUT2D eigenvalue weighted by molar-refractivity contribution is -0.134. The zero-order valence-electron chi connectivity index (χ0n) is 22.6. The number of hydrogen-bond acceptors (Lipinski definition) is 8. The Morgan fingerprint density at radius 3 is 2.55 bits per heavy atom. The maximum Gasteiger partial charge on any atom is 0.312 e. The Labute approximate surface area is 264 Å². The quantitative estimate of drug-likeness (QED) is 0.106. The second-order valence-corrected chi connectivity index (χ2v) is 12.1. The molecule has 42 heavy (non-hydrogen) atoms. The molecule has 2 fully saturated rings. The number of amides is 1. The number of esters is 1. The fraction of sp³-hybridized carbons (Fsp3) is 0.258. The zero-order valence-corrected chi connectivity index (χ0v) is 25.7. The number of rotatable bonds is 10. The molecule has 3 aromatic carbocycles. The number of ether oxygens (including phenoxy) is 3. The molecule has 0 aliphatic carbocycles. The Morgan fingerprint density at radius 1 is 1.00 bits per heavy atom. The van der Waals surface area contributed by atoms with Crippen molar-refractivity contribution in [3.05, 3.63) is 87.2 Å². The number of carbonyl (C=O) groups is 2. The molecule has 0 radical (unpaired) electrons. The summed E-state index contributed by atoms with van der Waals surface area (Å²) in [6.07, 6.45) is 1.80. The van der Waals surface area contributed by atoms with Gasteiger partial charge in [-0.1, -0.05) is 77.5 Å². The normalized spacial score (nSPS) is 16.7. The smallest absolute Gasteiger partial charge is 0.312 e. The van der Waals surface area contributed by atoms with Crippen LogP contribution >= 0.6 is 47.2 Å². The highest BCUT2D eigenvalue weighted by Crippen LogP contribution is 2.39. The minimum absolute atomic E-state index is 0.0182. The van der Waals surface area contributed by atoms with E-state index in [4.69, 9.17) is 49.6 Å². The highest BCUT2D eigenvalue weighted by molar-refractivity contribution is 8.26. The second kappa shape index (κ2) is 14.5. The largest absolute Gasteiger partial charge is 0.492 e. The number of thioether (sulfide) groups is 1. The molecule has 2 aliphatic rings. The third-order valence-electron chi connectivity index (χ3n) is 6.68. The third kappa shape index (κ3) is 7.92. The lowest BCUT2D eigenvalue weighted by Gasteiger charge is -2.26. The van der Waals surface area contributed by atoms with E-state index in [1.54, 1.807) is 42.5 Å². The van der Waals surface area contributed by atoms with Crippen molar-refractivity contribution >= 4 is 69.5 Å². The molecule has 1 amide bonds. The number of halogens is 2. The van der Waals surface area contributed by atoms with Crippen LogP contribution in [0.15, 0.2) is 71.6 Å². The fourth-order valence-corrected chi connectivity index (χ4v) is 6.33. The Kier molecular flexibility index (Phi) is 10.5. The predicted molar refractivity (Wildman–Crippen MR) is 171 cm³/mol. The number of morpholine rings is 1. The van der Waals surface area contributed by atoms with Gasteiger partial charge in [0, 0.05) is 42.3 Å². The number of thiocarbonyl (C=S) groups is 1. The van der Waals surface area contributed by atoms with Crippen molar-refractivity contribution in [2.24, 2.45) is 0 Å². The molecule has 0 spiro atoms. The number of benzene rings is 3. The summed E-state index contributed by atoms with van der Waals surface area (Å²) >= 11 is 19.4. The lowest BCUT2D eigenvalue weighted by atomic mass is 10.0. The van der Waals surface area contributed by atoms with Crippen molar-refractivity contribution in [2.45, 2.75) is 6.42 Å². The molecule has 0 saturated carbocycles. The molecule has 0 unspecified atom stereocenters. The Balaban J connectivity index is 1.30. The van der Waals surface area contributed by atoms with Gasteiger partial charge < -0.3 is 14.2 Å². The van der Waals surface area contributed by atoms with Gasteiger partial charge in [-0.15, -0.1) is 0 Å². The van der Waals surface area contributed by atoms with Gasteiger partial charge in [-0.25, -0.2) is 0 Å². The maximum atomic E-state index is 13.2. The molecule has 0 N–H and O–H groups in total. The van der Waals surface area contributed by atoms with Crippen LogP contribution in [-0.4, -0.2) is 72.0 Å². The highest BCUT2D eigenvalue weighted by atomic mass is 35.5. The number of carbonyl (C=O) groups excluding carboxylic acids is 2. The van der Waals surface area contributed by atoms with Crippen LogP contribution in [0.1, 0.15) is 12.0 Å². The first kappa shape index (κ1) is 30.5. The zero-order chi connectivity index (χ0) is 29.5. The van der Waals surface area contributed by atoms with Gasteiger partial charge in [-0.3, -0.25) is 19.4 Å². The summed E-state index contributed by atoms with van der Waals surface area (Å²) in [7, 11) is 0. The van der Waals surface area contributed by atoms with Crippen molar-refractivity contribution in [3.63, 3.8) is 0 Å². The molecule has 7 nitrogen and oxygen atoms in total. The van der Waals surface area contributed by atoms with Crippen LogP contribution in [0.5, 0.6) is 11.5 Å². The Bertz CT molecular complexity index is 1500. The van der Waals surface area contributed by atoms with Gasteiger partial charge in [0.2, 0.25) is 0 Å². The molecule has 5 rings (SSSR count). The van der Waals surface area contributed by atoms with Gasteiger partial charge >= 0.3 is 5.97 Å². The maximum absolute atomic E-state index is 13.2. The summed E-state index contributed by atoms with van der Waals surface area (Å²) in [6, 6.07) is 19.8. The van der Waals surface area contributed by atoms with Gasteiger partial charge in [-0.05, 0) is 48.0 Å². The summed E-state index contributed by atoms with van der Waals surface area (Å²) in [5.41, 5.74) is 2.33. The van der Waals surface area contributed by atoms with Crippen LogP contribution < -0.4 is 9.47 Å². The van der Waals surface area contributed by atoms with E-state index in [-0.39, 0.29) is 18.9 Å². The SMILES string of the molecule is O=C(CCN1C(=O)C(=Cc2ccc(OCCN3CCOCC3)c(-c3ccc(Cl)cc3Cl)c2)SC1=S)Oc1ccccc1. The van der Waals surface area contributed by atoms with E-state index >= 15 is 0 Å². The average Bonchev–Trinajstić information content (AvgIpc) is 3.25. The van der Waals surface area contributed by atoms with Gasteiger partial charge in [0.25, 0.3) is 5.91 Å². The predicted octanol–water partition coefficient (Wildman–Crippen LogP) is 6.57. The van der Waals surface area contributed by atoms with Crippen molar-refractivity contribution in [3.8, 4) is 22.6 Å². The molecule has 3 aromatic rings. The highest BCUT2D eigenvalue weighted by Gasteiger charge is 2.32. The summed E-state index contributed by atoms with van der Waals surface area (Å²) in [5, 5.41) is 1.03. The van der Waals surface area contributed by atoms with Crippen LogP contribution in [0.4, 0.5) is 0 Å². The van der Waals surface area contributed by atoms with Crippen LogP contribution in [0.3, 0.4) is 0 Å². The molecule has 218 valence electrons. The molecule has 2 aliphatic heterocycles. The Hall–Kier alpha value is -2.92. The number of para-hydroxylation sites is 1. The van der Waals surface area contributed by atoms with Crippen LogP contribution in [0, 0.1) is 0 Å². The Morgan fingerprint density at radius 2 is 1.79 bits per heavy atom. The number of hydrogen-bond donors (Lipinski definition) is 0. The van der Waals surface area contributed by atoms with Crippen LogP contribution in [0.2, 0.25) is 10.0 Å². The summed E-state index contributed by atoms with van der Waals surface area (Å²) in [4.78, 5) is 29.7. The second-order valence-electron chi connectivity index (χ2n) is 9.55. The molecular weight excluding hydrogens is 615 g/mol. The van der Waals surface area contributed by atoms with E-state index in [1.807, 2.05) is 30.3 Å². The van der Waals surface area contributed by atoms with E-state index in [9.17, 15) is 9.59 Å². The first-order valence-corrected chi connectivity index (χ1v) is 15.4. The summed E-state index contributed by atoms with van der Waals surface area (Å²) < 4.78 is 17.4. The molecule has 2 heterocycles. The van der Waals surface area contributed by atoms with Crippen LogP contribution in [0.25, 0.3) is 17.2 Å². The van der Waals surface area contributed by atoms with E-state index in [2.05, 4.69) is 4.90 Å². The summed E-state index contributed by atoms with van der Waals surface area (Å²) in [5.74, 6) is 0.439. The van der Waals surface area contributed by atoms with Crippen molar-refractivity contribution in [2.75, 3.05) is 46.0 Å². The van der Waals surface area contributed by atoms with Crippen molar-refractivity contribution < 1.29 is 23.8 Å². The van der Waals surface area contributed by atoms with E-state index in [0.717, 1.165) is 49.5 Å². The minimum Gasteiger partial charge on any atom is -0.492 e. The van der Waals surface area contributed by atoms with Gasteiger partial charge in [0.15, 0.2) is 0 Å². The monoisotopic (exact) mass is 642 g/mol. The minimum atomic E-state index is -0.437. The molecule has 11 heteroatoms. The van der Waals surface area contributed by atoms with Gasteiger partial charge in [0.1, 0.15) is 22.4 Å². The van der Waals surface area contributed by atoms with Crippen LogP contribution in [-0.2, 0) is 14.3 Å². The molecule has 0 aromatic heterocycles. The fourth-order valence-electron chi connectivity index (χ4n) is 4.51. The van der Waals surface area contributed by atoms with Gasteiger partial charge in [-0.2, -0.15) is 0 Å².